The highest BCUT2D eigenvalue weighted by Crippen LogP contribution is 2.44. The summed E-state index contributed by atoms with van der Waals surface area (Å²) in [6.45, 7) is 1.84. The van der Waals surface area contributed by atoms with Crippen molar-refractivity contribution in [1.82, 2.24) is 25.4 Å². The summed E-state index contributed by atoms with van der Waals surface area (Å²) in [6, 6.07) is -1.13. The van der Waals surface area contributed by atoms with Gasteiger partial charge in [0.1, 0.15) is 34.6 Å². The van der Waals surface area contributed by atoms with Crippen molar-refractivity contribution in [2.24, 2.45) is 16.3 Å². The quantitative estimate of drug-likeness (QED) is 0.124. The van der Waals surface area contributed by atoms with E-state index in [-0.39, 0.29) is 78.0 Å². The second-order valence-electron chi connectivity index (χ2n) is 7.98. The number of hydrogen-bond donors (Lipinski definition) is 4. The Morgan fingerprint density at radius 2 is 2.19 bits per heavy atom. The highest BCUT2D eigenvalue weighted by Gasteiger charge is 2.57. The number of anilines is 1. The number of aromatic nitrogens is 3. The number of aliphatic carboxylic acids is 1. The van der Waals surface area contributed by atoms with Crippen LogP contribution in [0.4, 0.5) is 5.13 Å². The van der Waals surface area contributed by atoms with Crippen molar-refractivity contribution in [2.45, 2.75) is 28.7 Å². The largest absolute Gasteiger partial charge is 0.481 e. The number of carboxylic acids is 1. The first kappa shape index (κ1) is 31.3. The van der Waals surface area contributed by atoms with Gasteiger partial charge in [0.2, 0.25) is 5.91 Å². The van der Waals surface area contributed by atoms with Crippen LogP contribution in [-0.2, 0) is 19.2 Å². The van der Waals surface area contributed by atoms with Crippen molar-refractivity contribution in [1.29, 1.82) is 0 Å². The molecule has 37 heavy (non-hydrogen) atoms. The van der Waals surface area contributed by atoms with Crippen LogP contribution in [0, 0.1) is 5.41 Å². The fraction of sp³-hybridized carbons (Fsp3) is 0.500. The standard InChI is InChI=1S/C18H22N8O5S4.2ClH/c1-8(19)2-31-25-10(9-3-32-16(20)22-9)12(27)23-11-13(28)26-4-18(15(29)30,5-33-14(11)26)6-34-17-24-21-7-35-17;;/h3,7-8,11,14H,2,4-6,19H2,1H3,(H2,20,22)(H,23,27)(H,29,30);2*1H/t8?,11?,14-,18?;;/m1../s1. The molecule has 204 valence electrons. The Kier molecular flexibility index (Phi) is 11.2. The predicted octanol–water partition coefficient (Wildman–Crippen LogP) is 0.751. The number of oxime groups is 1. The Balaban J connectivity index is 0.00000241. The van der Waals surface area contributed by atoms with Crippen LogP contribution in [-0.4, -0.2) is 90.8 Å². The third-order valence-corrected chi connectivity index (χ3v) is 9.58. The normalized spacial score (nSPS) is 23.6. The molecule has 3 unspecified atom stereocenters. The van der Waals surface area contributed by atoms with E-state index in [2.05, 4.69) is 25.7 Å². The second-order valence-corrected chi connectivity index (χ2v) is 12.0. The van der Waals surface area contributed by atoms with Crippen molar-refractivity contribution in [2.75, 3.05) is 30.4 Å². The number of halogens is 2. The molecule has 4 atom stereocenters. The monoisotopic (exact) mass is 630 g/mol. The van der Waals surface area contributed by atoms with E-state index in [4.69, 9.17) is 16.3 Å². The first-order chi connectivity index (χ1) is 16.7. The lowest BCUT2D eigenvalue weighted by molar-refractivity contribution is -0.157. The van der Waals surface area contributed by atoms with Gasteiger partial charge < -0.3 is 31.6 Å². The molecule has 0 bridgehead atoms. The van der Waals surface area contributed by atoms with Gasteiger partial charge in [-0.1, -0.05) is 28.3 Å². The van der Waals surface area contributed by atoms with Gasteiger partial charge in [-0.3, -0.25) is 14.4 Å². The second kappa shape index (κ2) is 13.3. The van der Waals surface area contributed by atoms with E-state index in [0.717, 1.165) is 11.3 Å². The molecule has 13 nitrogen and oxygen atoms in total. The van der Waals surface area contributed by atoms with E-state index in [0.29, 0.717) is 4.34 Å². The maximum atomic E-state index is 13.0. The van der Waals surface area contributed by atoms with Crippen LogP contribution >= 0.6 is 71.0 Å². The van der Waals surface area contributed by atoms with E-state index < -0.39 is 28.7 Å². The Morgan fingerprint density at radius 3 is 2.78 bits per heavy atom. The predicted molar refractivity (Wildman–Crippen MR) is 148 cm³/mol. The average Bonchev–Trinajstić information content (AvgIpc) is 3.50. The molecule has 2 fully saturated rings. The van der Waals surface area contributed by atoms with Crippen LogP contribution in [0.25, 0.3) is 0 Å². The fourth-order valence-corrected chi connectivity index (χ4v) is 7.26. The number of nitrogen functional groups attached to an aromatic ring is 1. The molecule has 0 aromatic carbocycles. The minimum absolute atomic E-state index is 0. The zero-order valence-electron chi connectivity index (χ0n) is 19.1. The topological polar surface area (TPSA) is 199 Å². The molecule has 4 heterocycles. The number of nitrogens with zero attached hydrogens (tertiary/aromatic N) is 5. The summed E-state index contributed by atoms with van der Waals surface area (Å²) in [7, 11) is 0. The smallest absolute Gasteiger partial charge is 0.313 e. The van der Waals surface area contributed by atoms with E-state index in [1.54, 1.807) is 17.8 Å². The number of β-lactam (4-membered cyclic amide) rings is 1. The zero-order valence-corrected chi connectivity index (χ0v) is 24.0. The molecule has 2 aromatic rings. The maximum Gasteiger partial charge on any atom is 0.313 e. The Hall–Kier alpha value is -1.89. The molecule has 2 amide bonds. The lowest BCUT2D eigenvalue weighted by Crippen LogP contribution is -2.74. The lowest BCUT2D eigenvalue weighted by Gasteiger charge is -2.53. The SMILES string of the molecule is CC(N)CON=C(C(=O)NC1C(=O)N2CC(CSc3nncs3)(C(=O)O)CS[C@H]12)c1csc(N)n1.Cl.Cl. The summed E-state index contributed by atoms with van der Waals surface area (Å²) < 4.78 is 0.665. The molecule has 2 aliphatic rings. The van der Waals surface area contributed by atoms with Crippen LogP contribution in [0.1, 0.15) is 12.6 Å². The first-order valence-electron chi connectivity index (χ1n) is 10.2. The third-order valence-electron chi connectivity index (χ3n) is 5.17. The van der Waals surface area contributed by atoms with Crippen LogP contribution in [0.15, 0.2) is 20.4 Å². The van der Waals surface area contributed by atoms with Gasteiger partial charge >= 0.3 is 5.97 Å². The summed E-state index contributed by atoms with van der Waals surface area (Å²) in [6.07, 6.45) is 0. The number of fused-ring (bicyclic) bond motifs is 1. The number of hydrogen-bond acceptors (Lipinski definition) is 14. The number of thiazole rings is 1. The third kappa shape index (κ3) is 6.96. The molecule has 6 N–H and O–H groups in total. The Labute approximate surface area is 240 Å². The molecular weight excluding hydrogens is 607 g/mol. The fourth-order valence-electron chi connectivity index (χ4n) is 3.36. The number of carboxylic acid groups (broad SMARTS) is 1. The van der Waals surface area contributed by atoms with E-state index in [1.165, 1.54) is 39.8 Å². The van der Waals surface area contributed by atoms with Gasteiger partial charge in [0.25, 0.3) is 5.91 Å². The number of thioether (sulfide) groups is 2. The number of nitrogens with two attached hydrogens (primary N) is 2. The summed E-state index contributed by atoms with van der Waals surface area (Å²) >= 11 is 5.08. The number of amides is 2. The molecule has 2 aliphatic heterocycles. The Morgan fingerprint density at radius 1 is 1.43 bits per heavy atom. The first-order valence-corrected chi connectivity index (χ1v) is 14.0. The molecular formula is C18H24Cl2N8O5S4. The number of carbonyl (C=O) groups excluding carboxylic acids is 2. The van der Waals surface area contributed by atoms with Crippen LogP contribution in [0.5, 0.6) is 0 Å². The molecule has 0 aliphatic carbocycles. The minimum Gasteiger partial charge on any atom is -0.481 e. The average molecular weight is 632 g/mol. The number of carbonyl (C=O) groups is 3. The van der Waals surface area contributed by atoms with Gasteiger partial charge in [-0.05, 0) is 6.92 Å². The Bertz CT molecular complexity index is 1140. The van der Waals surface area contributed by atoms with Crippen molar-refractivity contribution in [3.05, 3.63) is 16.6 Å². The summed E-state index contributed by atoms with van der Waals surface area (Å²) in [4.78, 5) is 48.8. The highest BCUT2D eigenvalue weighted by molar-refractivity contribution is 8.01. The van der Waals surface area contributed by atoms with E-state index in [9.17, 15) is 19.5 Å². The minimum atomic E-state index is -1.14. The van der Waals surface area contributed by atoms with Gasteiger partial charge in [-0.15, -0.1) is 58.1 Å². The van der Waals surface area contributed by atoms with Crippen LogP contribution in [0.2, 0.25) is 0 Å². The lowest BCUT2D eigenvalue weighted by atomic mass is 9.89. The zero-order chi connectivity index (χ0) is 25.2. The van der Waals surface area contributed by atoms with Gasteiger partial charge in [0, 0.05) is 29.5 Å². The summed E-state index contributed by atoms with van der Waals surface area (Å²) in [5.41, 5.74) is 11.9. The van der Waals surface area contributed by atoms with E-state index >= 15 is 0 Å². The molecule has 0 radical (unpaired) electrons. The molecule has 0 spiro atoms. The van der Waals surface area contributed by atoms with Gasteiger partial charge in [0.05, 0.1) is 0 Å². The van der Waals surface area contributed by atoms with Gasteiger partial charge in [-0.2, -0.15) is 0 Å². The maximum absolute atomic E-state index is 13.0. The highest BCUT2D eigenvalue weighted by atomic mass is 35.5. The van der Waals surface area contributed by atoms with Crippen molar-refractivity contribution in [3.63, 3.8) is 0 Å². The van der Waals surface area contributed by atoms with E-state index in [1.807, 2.05) is 0 Å². The van der Waals surface area contributed by atoms with Crippen LogP contribution in [0.3, 0.4) is 0 Å². The number of nitrogens with one attached hydrogen (secondary N) is 1. The molecule has 19 heteroatoms. The van der Waals surface area contributed by atoms with Crippen molar-refractivity contribution >= 4 is 99.6 Å². The number of rotatable bonds is 10. The van der Waals surface area contributed by atoms with Crippen molar-refractivity contribution in [3.8, 4) is 0 Å². The van der Waals surface area contributed by atoms with Crippen molar-refractivity contribution < 1.29 is 24.3 Å². The van der Waals surface area contributed by atoms with Gasteiger partial charge in [0.15, 0.2) is 15.2 Å². The summed E-state index contributed by atoms with van der Waals surface area (Å²) in [5.74, 6) is -1.48. The molecule has 4 rings (SSSR count). The molecule has 2 aromatic heterocycles. The molecule has 2 saturated heterocycles. The molecule has 0 saturated carbocycles. The summed E-state index contributed by atoms with van der Waals surface area (Å²) in [5, 5.41) is 25.6. The van der Waals surface area contributed by atoms with Crippen LogP contribution < -0.4 is 16.8 Å². The van der Waals surface area contributed by atoms with Gasteiger partial charge in [-0.25, -0.2) is 4.98 Å².